The lowest BCUT2D eigenvalue weighted by atomic mass is 9.78. The Kier molecular flexibility index (Phi) is 7.75. The van der Waals surface area contributed by atoms with Crippen LogP contribution < -0.4 is 5.32 Å². The summed E-state index contributed by atoms with van der Waals surface area (Å²) in [6.07, 6.45) is 7.12. The van der Waals surface area contributed by atoms with Crippen LogP contribution in [0.15, 0.2) is 0 Å². The van der Waals surface area contributed by atoms with Crippen molar-refractivity contribution in [3.05, 3.63) is 0 Å². The quantitative estimate of drug-likeness (QED) is 0.777. The highest BCUT2D eigenvalue weighted by Crippen LogP contribution is 2.29. The molecule has 6 heteroatoms. The molecule has 0 radical (unpaired) electrons. The smallest absolute Gasteiger partial charge is 0.236 e. The van der Waals surface area contributed by atoms with Gasteiger partial charge < -0.3 is 10.2 Å². The van der Waals surface area contributed by atoms with Gasteiger partial charge in [0.25, 0.3) is 0 Å². The highest BCUT2D eigenvalue weighted by Gasteiger charge is 2.29. The summed E-state index contributed by atoms with van der Waals surface area (Å²) in [5.74, 6) is 1.71. The highest BCUT2D eigenvalue weighted by molar-refractivity contribution is 5.79. The van der Waals surface area contributed by atoms with Crippen LogP contribution in [0.4, 0.5) is 0 Å². The topological polar surface area (TPSA) is 55.9 Å². The van der Waals surface area contributed by atoms with E-state index in [2.05, 4.69) is 40.8 Å². The van der Waals surface area contributed by atoms with Crippen molar-refractivity contribution in [2.24, 2.45) is 11.8 Å². The average Bonchev–Trinajstić information content (AvgIpc) is 2.67. The molecule has 6 nitrogen and oxygen atoms in total. The van der Waals surface area contributed by atoms with Crippen molar-refractivity contribution in [3.8, 4) is 0 Å². The minimum absolute atomic E-state index is 0.164. The van der Waals surface area contributed by atoms with Gasteiger partial charge in [0.05, 0.1) is 13.1 Å². The first-order valence-corrected chi connectivity index (χ1v) is 11.5. The van der Waals surface area contributed by atoms with Crippen molar-refractivity contribution in [2.45, 2.75) is 71.4 Å². The molecule has 0 bridgehead atoms. The number of amides is 2. The molecule has 2 amide bonds. The zero-order valence-corrected chi connectivity index (χ0v) is 18.2. The molecule has 0 aromatic heterocycles. The van der Waals surface area contributed by atoms with Crippen molar-refractivity contribution >= 4 is 11.8 Å². The van der Waals surface area contributed by atoms with E-state index in [1.54, 1.807) is 0 Å². The first kappa shape index (κ1) is 21.6. The van der Waals surface area contributed by atoms with E-state index in [1.165, 1.54) is 19.3 Å². The number of hydrogen-bond donors (Lipinski definition) is 1. The minimum atomic E-state index is 0.164. The standard InChI is InChI=1S/C22H40N4O2/c1-17-7-6-9-20(19(17)3)23-21(27)15-24-11-13-25(14-12-24)16-22(28)26-10-5-4-8-18(26)2/h17-20H,4-16H2,1-3H3,(H,23,27). The molecule has 3 aliphatic rings. The van der Waals surface area contributed by atoms with Gasteiger partial charge in [0.2, 0.25) is 11.8 Å². The van der Waals surface area contributed by atoms with E-state index in [9.17, 15) is 9.59 Å². The van der Waals surface area contributed by atoms with Gasteiger partial charge in [-0.2, -0.15) is 0 Å². The first-order valence-electron chi connectivity index (χ1n) is 11.5. The Bertz CT molecular complexity index is 533. The Morgan fingerprint density at radius 1 is 0.821 bits per heavy atom. The van der Waals surface area contributed by atoms with Crippen molar-refractivity contribution in [3.63, 3.8) is 0 Å². The maximum absolute atomic E-state index is 12.6. The lowest BCUT2D eigenvalue weighted by Crippen LogP contribution is -2.54. The van der Waals surface area contributed by atoms with Crippen LogP contribution in [0, 0.1) is 11.8 Å². The third kappa shape index (κ3) is 5.69. The number of carbonyl (C=O) groups is 2. The molecule has 2 aliphatic heterocycles. The first-order chi connectivity index (χ1) is 13.4. The highest BCUT2D eigenvalue weighted by atomic mass is 16.2. The maximum Gasteiger partial charge on any atom is 0.236 e. The number of piperazine rings is 1. The van der Waals surface area contributed by atoms with Crippen molar-refractivity contribution in [1.82, 2.24) is 20.0 Å². The van der Waals surface area contributed by atoms with Gasteiger partial charge in [0, 0.05) is 44.8 Å². The molecule has 1 N–H and O–H groups in total. The second kappa shape index (κ2) is 10.1. The Balaban J connectivity index is 1.36. The molecule has 0 aromatic rings. The van der Waals surface area contributed by atoms with Gasteiger partial charge in [-0.3, -0.25) is 19.4 Å². The van der Waals surface area contributed by atoms with E-state index in [4.69, 9.17) is 0 Å². The van der Waals surface area contributed by atoms with Gasteiger partial charge in [-0.15, -0.1) is 0 Å². The van der Waals surface area contributed by atoms with Crippen molar-refractivity contribution in [2.75, 3.05) is 45.8 Å². The molecule has 0 spiro atoms. The van der Waals surface area contributed by atoms with Crippen LogP contribution in [0.3, 0.4) is 0 Å². The molecule has 3 fully saturated rings. The molecule has 1 saturated carbocycles. The summed E-state index contributed by atoms with van der Waals surface area (Å²) in [5.41, 5.74) is 0. The van der Waals surface area contributed by atoms with Crippen molar-refractivity contribution in [1.29, 1.82) is 0 Å². The lowest BCUT2D eigenvalue weighted by molar-refractivity contribution is -0.136. The molecule has 160 valence electrons. The fraction of sp³-hybridized carbons (Fsp3) is 0.909. The van der Waals surface area contributed by atoms with Crippen LogP contribution in [0.2, 0.25) is 0 Å². The van der Waals surface area contributed by atoms with Crippen LogP contribution in [-0.2, 0) is 9.59 Å². The predicted octanol–water partition coefficient (Wildman–Crippen LogP) is 1.95. The summed E-state index contributed by atoms with van der Waals surface area (Å²) in [5, 5.41) is 3.28. The molecule has 4 unspecified atom stereocenters. The Morgan fingerprint density at radius 3 is 2.18 bits per heavy atom. The predicted molar refractivity (Wildman–Crippen MR) is 112 cm³/mol. The number of nitrogens with one attached hydrogen (secondary N) is 1. The maximum atomic E-state index is 12.6. The Morgan fingerprint density at radius 2 is 1.50 bits per heavy atom. The van der Waals surface area contributed by atoms with E-state index in [0.29, 0.717) is 37.0 Å². The van der Waals surface area contributed by atoms with Gasteiger partial charge in [0.1, 0.15) is 0 Å². The summed E-state index contributed by atoms with van der Waals surface area (Å²) >= 11 is 0. The summed E-state index contributed by atoms with van der Waals surface area (Å²) in [6, 6.07) is 0.720. The molecule has 2 saturated heterocycles. The summed E-state index contributed by atoms with van der Waals surface area (Å²) in [4.78, 5) is 31.7. The zero-order chi connectivity index (χ0) is 20.1. The van der Waals surface area contributed by atoms with Gasteiger partial charge >= 0.3 is 0 Å². The largest absolute Gasteiger partial charge is 0.352 e. The molecule has 0 aromatic carbocycles. The molecule has 4 atom stereocenters. The number of piperidine rings is 1. The second-order valence-corrected chi connectivity index (χ2v) is 9.43. The van der Waals surface area contributed by atoms with Crippen molar-refractivity contribution < 1.29 is 9.59 Å². The molecule has 3 rings (SSSR count). The number of likely N-dealkylation sites (tertiary alicyclic amines) is 1. The second-order valence-electron chi connectivity index (χ2n) is 9.43. The van der Waals surface area contributed by atoms with Gasteiger partial charge in [-0.1, -0.05) is 26.7 Å². The molecular weight excluding hydrogens is 352 g/mol. The monoisotopic (exact) mass is 392 g/mol. The van der Waals surface area contributed by atoms with Crippen LogP contribution in [0.25, 0.3) is 0 Å². The fourth-order valence-electron chi connectivity index (χ4n) is 5.10. The average molecular weight is 393 g/mol. The summed E-state index contributed by atoms with van der Waals surface area (Å²) < 4.78 is 0. The number of rotatable bonds is 5. The number of hydrogen-bond acceptors (Lipinski definition) is 4. The number of nitrogens with zero attached hydrogens (tertiary/aromatic N) is 3. The van der Waals surface area contributed by atoms with E-state index < -0.39 is 0 Å². The molecule has 28 heavy (non-hydrogen) atoms. The zero-order valence-electron chi connectivity index (χ0n) is 18.2. The van der Waals surface area contributed by atoms with Gasteiger partial charge in [-0.05, 0) is 44.4 Å². The van der Waals surface area contributed by atoms with Gasteiger partial charge in [-0.25, -0.2) is 0 Å². The lowest BCUT2D eigenvalue weighted by Gasteiger charge is -2.38. The third-order valence-electron chi connectivity index (χ3n) is 7.37. The van der Waals surface area contributed by atoms with Crippen LogP contribution in [0.1, 0.15) is 59.3 Å². The van der Waals surface area contributed by atoms with E-state index in [-0.39, 0.29) is 11.8 Å². The fourth-order valence-corrected chi connectivity index (χ4v) is 5.10. The Hall–Kier alpha value is -1.14. The van der Waals surface area contributed by atoms with Crippen LogP contribution >= 0.6 is 0 Å². The Labute approximate surface area is 171 Å². The number of carbonyl (C=O) groups excluding carboxylic acids is 2. The third-order valence-corrected chi connectivity index (χ3v) is 7.37. The van der Waals surface area contributed by atoms with Gasteiger partial charge in [0.15, 0.2) is 0 Å². The van der Waals surface area contributed by atoms with E-state index >= 15 is 0 Å². The molecular formula is C22H40N4O2. The SMILES string of the molecule is CC1CCCC(NC(=O)CN2CCN(CC(=O)N3CCCCC3C)CC2)C1C. The van der Waals surface area contributed by atoms with E-state index in [0.717, 1.165) is 52.0 Å². The summed E-state index contributed by atoms with van der Waals surface area (Å²) in [6.45, 7) is 12.2. The molecule has 2 heterocycles. The summed E-state index contributed by atoms with van der Waals surface area (Å²) in [7, 11) is 0. The minimum Gasteiger partial charge on any atom is -0.352 e. The normalized spacial score (nSPS) is 32.9. The van der Waals surface area contributed by atoms with Crippen LogP contribution in [-0.4, -0.2) is 84.4 Å². The van der Waals surface area contributed by atoms with Crippen LogP contribution in [0.5, 0.6) is 0 Å². The molecule has 1 aliphatic carbocycles. The van der Waals surface area contributed by atoms with E-state index in [1.807, 2.05) is 0 Å².